The number of nitrogen functional groups attached to an aromatic ring is 1. The number of para-hydroxylation sites is 1. The number of benzene rings is 2. The first kappa shape index (κ1) is 52.8. The van der Waals surface area contributed by atoms with Gasteiger partial charge in [0, 0.05) is 100 Å². The number of piperazine rings is 1. The molecule has 6 aromatic rings. The molecule has 1 saturated carbocycles. The summed E-state index contributed by atoms with van der Waals surface area (Å²) in [6, 6.07) is 22.8. The highest BCUT2D eigenvalue weighted by Gasteiger charge is 2.46. The van der Waals surface area contributed by atoms with Crippen LogP contribution in [0.3, 0.4) is 0 Å². The van der Waals surface area contributed by atoms with E-state index in [1.54, 1.807) is 23.5 Å². The highest BCUT2D eigenvalue weighted by atomic mass is 32.1. The zero-order valence-corrected chi connectivity index (χ0v) is 46.3. The summed E-state index contributed by atoms with van der Waals surface area (Å²) in [6.45, 7) is 14.5. The van der Waals surface area contributed by atoms with Crippen molar-refractivity contribution in [3.05, 3.63) is 102 Å². The highest BCUT2D eigenvalue weighted by molar-refractivity contribution is 7.13. The summed E-state index contributed by atoms with van der Waals surface area (Å²) >= 11 is 1.60. The number of nitrogens with zero attached hydrogens (tertiary/aromatic N) is 10. The highest BCUT2D eigenvalue weighted by Crippen LogP contribution is 2.42. The molecule has 0 radical (unpaired) electrons. The van der Waals surface area contributed by atoms with E-state index in [9.17, 15) is 19.8 Å². The zero-order valence-electron chi connectivity index (χ0n) is 45.5. The van der Waals surface area contributed by atoms with Gasteiger partial charge in [-0.1, -0.05) is 55.4 Å². The summed E-state index contributed by atoms with van der Waals surface area (Å²) in [5.74, 6) is 1.54. The number of aliphatic hydroxyl groups is 1. The third-order valence-corrected chi connectivity index (χ3v) is 18.5. The molecule has 6 aliphatic rings. The van der Waals surface area contributed by atoms with E-state index in [-0.39, 0.29) is 54.2 Å². The molecule has 19 nitrogen and oxygen atoms in total. The fourth-order valence-electron chi connectivity index (χ4n) is 13.3. The number of carbonyl (C=O) groups is 2. The molecule has 5 aliphatic heterocycles. The van der Waals surface area contributed by atoms with E-state index in [4.69, 9.17) is 19.7 Å². The first-order chi connectivity index (χ1) is 38.2. The SMILES string of the molecule is Cc1ncsc1-c1ccc([C@H](C)NC(=O)[C@@H]2C[C@@H](O)CN2C(=O)[C@H](c2cc(N3CCC4(CC3)CN(C[C@H]3C[C@H](Oc5cc(N6C7CCC6CN(c6cc(-c8ccccc8O)nnc6N)C7)ccn5)C3)CCO4)no2)C(C)C)cc1. The predicted octanol–water partition coefficient (Wildman–Crippen LogP) is 7.21. The second-order valence-corrected chi connectivity index (χ2v) is 24.1. The molecule has 416 valence electrons. The number of hydrogen-bond acceptors (Lipinski definition) is 18. The number of phenols is 1. The smallest absolute Gasteiger partial charge is 0.243 e. The fourth-order valence-corrected chi connectivity index (χ4v) is 14.1. The summed E-state index contributed by atoms with van der Waals surface area (Å²) in [7, 11) is 0. The Morgan fingerprint density at radius 1 is 0.924 bits per heavy atom. The molecule has 6 atom stereocenters. The molecule has 12 rings (SSSR count). The number of likely N-dealkylation sites (tertiary alicyclic amines) is 1. The van der Waals surface area contributed by atoms with Crippen LogP contribution in [0, 0.1) is 18.8 Å². The van der Waals surface area contributed by atoms with Gasteiger partial charge in [-0.15, -0.1) is 21.5 Å². The Labute approximate surface area is 465 Å². The van der Waals surface area contributed by atoms with Crippen LogP contribution in [0.4, 0.5) is 23.0 Å². The Hall–Kier alpha value is -6.87. The summed E-state index contributed by atoms with van der Waals surface area (Å²) in [4.78, 5) is 49.7. The number of fused-ring (bicyclic) bond motifs is 2. The third-order valence-electron chi connectivity index (χ3n) is 17.5. The number of nitrogens with two attached hydrogens (primary N) is 1. The lowest BCUT2D eigenvalue weighted by Gasteiger charge is -2.49. The molecule has 79 heavy (non-hydrogen) atoms. The van der Waals surface area contributed by atoms with Gasteiger partial charge in [0.2, 0.25) is 17.7 Å². The lowest BCUT2D eigenvalue weighted by molar-refractivity contribution is -0.141. The number of rotatable bonds is 15. The maximum Gasteiger partial charge on any atom is 0.243 e. The molecule has 1 spiro atoms. The Kier molecular flexibility index (Phi) is 14.7. The Bertz CT molecular complexity index is 3130. The van der Waals surface area contributed by atoms with Crippen molar-refractivity contribution in [2.75, 3.05) is 79.4 Å². The molecule has 5 N–H and O–H groups in total. The summed E-state index contributed by atoms with van der Waals surface area (Å²) < 4.78 is 19.1. The molecule has 4 aromatic heterocycles. The maximum atomic E-state index is 14.5. The summed E-state index contributed by atoms with van der Waals surface area (Å²) in [6.07, 6.45) is 7.16. The number of aromatic nitrogens is 5. The van der Waals surface area contributed by atoms with Gasteiger partial charge in [0.05, 0.1) is 51.8 Å². The number of aryl methyl sites for hydroxylation is 1. The number of phenolic OH excluding ortho intramolecular Hbond substituents is 1. The molecule has 6 fully saturated rings. The molecule has 2 unspecified atom stereocenters. The number of aromatic hydroxyl groups is 1. The van der Waals surface area contributed by atoms with E-state index in [0.717, 1.165) is 117 Å². The lowest BCUT2D eigenvalue weighted by Crippen LogP contribution is -2.58. The van der Waals surface area contributed by atoms with Crippen molar-refractivity contribution in [3.8, 4) is 33.3 Å². The van der Waals surface area contributed by atoms with Crippen molar-refractivity contribution in [1.29, 1.82) is 0 Å². The molecule has 9 heterocycles. The normalized spacial score (nSPS) is 24.7. The number of β-amino-alcohol motifs (C(OH)–C–C–N with tert-alkyl or cyclic N) is 1. The van der Waals surface area contributed by atoms with Crippen molar-refractivity contribution < 1.29 is 33.8 Å². The monoisotopic (exact) mass is 1090 g/mol. The molecular weight excluding hydrogens is 1020 g/mol. The van der Waals surface area contributed by atoms with Gasteiger partial charge in [0.15, 0.2) is 17.4 Å². The van der Waals surface area contributed by atoms with Crippen molar-refractivity contribution in [2.45, 2.75) is 121 Å². The molecule has 1 aliphatic carbocycles. The van der Waals surface area contributed by atoms with Gasteiger partial charge in [-0.3, -0.25) is 14.5 Å². The predicted molar refractivity (Wildman–Crippen MR) is 302 cm³/mol. The van der Waals surface area contributed by atoms with Crippen LogP contribution in [0.1, 0.15) is 94.7 Å². The number of amides is 2. The van der Waals surface area contributed by atoms with Gasteiger partial charge in [-0.05, 0) is 99.6 Å². The first-order valence-electron chi connectivity index (χ1n) is 28.2. The van der Waals surface area contributed by atoms with E-state index in [2.05, 4.69) is 62.4 Å². The first-order valence-corrected chi connectivity index (χ1v) is 29.1. The number of carbonyl (C=O) groups excluding carboxylic acids is 2. The van der Waals surface area contributed by atoms with Crippen molar-refractivity contribution in [2.24, 2.45) is 11.8 Å². The average molecular weight is 1090 g/mol. The number of aliphatic hydroxyl groups excluding tert-OH is 1. The van der Waals surface area contributed by atoms with Crippen LogP contribution in [0.25, 0.3) is 21.7 Å². The number of morpholine rings is 1. The summed E-state index contributed by atoms with van der Waals surface area (Å²) in [5, 5.41) is 37.5. The van der Waals surface area contributed by atoms with E-state index in [0.29, 0.717) is 59.1 Å². The number of ether oxygens (including phenoxy) is 2. The second-order valence-electron chi connectivity index (χ2n) is 23.2. The number of piperidine rings is 1. The van der Waals surface area contributed by atoms with Crippen LogP contribution < -0.4 is 30.5 Å². The third kappa shape index (κ3) is 10.8. The molecule has 20 heteroatoms. The molecule has 2 aromatic carbocycles. The summed E-state index contributed by atoms with van der Waals surface area (Å²) in [5.41, 5.74) is 14.2. The van der Waals surface area contributed by atoms with Gasteiger partial charge in [-0.2, -0.15) is 0 Å². The molecule has 2 bridgehead atoms. The van der Waals surface area contributed by atoms with Crippen LogP contribution in [0.2, 0.25) is 0 Å². The average Bonchev–Trinajstić information content (AvgIpc) is 4.43. The van der Waals surface area contributed by atoms with Gasteiger partial charge >= 0.3 is 0 Å². The van der Waals surface area contributed by atoms with Crippen LogP contribution in [-0.4, -0.2) is 152 Å². The quantitative estimate of drug-likeness (QED) is 0.0797. The minimum Gasteiger partial charge on any atom is -0.507 e. The number of thiazole rings is 1. The number of nitrogens with one attached hydrogen (secondary N) is 1. The topological polar surface area (TPSA) is 225 Å². The van der Waals surface area contributed by atoms with Gasteiger partial charge in [0.1, 0.15) is 23.8 Å². The molecular formula is C59H72N12O7S. The second kappa shape index (κ2) is 22.0. The minimum atomic E-state index is -0.816. The van der Waals surface area contributed by atoms with Gasteiger partial charge in [-0.25, -0.2) is 9.97 Å². The van der Waals surface area contributed by atoms with Crippen molar-refractivity contribution in [3.63, 3.8) is 0 Å². The Morgan fingerprint density at radius 3 is 2.43 bits per heavy atom. The number of pyridine rings is 1. The molecule has 5 saturated heterocycles. The van der Waals surface area contributed by atoms with E-state index < -0.39 is 18.1 Å². The van der Waals surface area contributed by atoms with Crippen LogP contribution in [-0.2, 0) is 14.3 Å². The minimum absolute atomic E-state index is 0.0714. The van der Waals surface area contributed by atoms with Gasteiger partial charge < -0.3 is 54.9 Å². The largest absolute Gasteiger partial charge is 0.507 e. The van der Waals surface area contributed by atoms with E-state index >= 15 is 0 Å². The lowest BCUT2D eigenvalue weighted by atomic mass is 9.81. The fraction of sp³-hybridized carbons (Fsp3) is 0.508. The Balaban J connectivity index is 0.608. The molecule has 2 amide bonds. The van der Waals surface area contributed by atoms with Crippen LogP contribution in [0.15, 0.2) is 89.0 Å². The zero-order chi connectivity index (χ0) is 54.5. The van der Waals surface area contributed by atoms with Crippen molar-refractivity contribution >= 4 is 46.2 Å². The van der Waals surface area contributed by atoms with E-state index in [1.165, 1.54) is 4.90 Å². The van der Waals surface area contributed by atoms with Crippen LogP contribution in [0.5, 0.6) is 11.6 Å². The maximum absolute atomic E-state index is 14.5. The van der Waals surface area contributed by atoms with E-state index in [1.807, 2.05) is 87.9 Å². The van der Waals surface area contributed by atoms with Crippen molar-refractivity contribution in [1.82, 2.24) is 40.4 Å². The van der Waals surface area contributed by atoms with Gasteiger partial charge in [0.25, 0.3) is 0 Å². The Morgan fingerprint density at radius 2 is 1.70 bits per heavy atom. The number of hydrogen-bond donors (Lipinski definition) is 4. The van der Waals surface area contributed by atoms with Crippen LogP contribution >= 0.6 is 11.3 Å². The number of anilines is 4. The standard InChI is InChI=1S/C59H72N12O7S/c1-35(2)54(58(75)70-32-44(72)26-49(70)57(74)63-36(3)39-9-11-40(12-10-39)55-37(4)62-34-79-55)51-28-52(66-78-51)68-19-16-59(17-20-68)33-67(21-22-76-59)29-38-23-45(24-38)77-53-25-41(15-18-61-53)71-42-13-14-43(71)31-69(30-42)48-27-47(64-65-56(48)60)46-7-5-6-8-50(46)73/h5-12,15,18,25,27-28,34-36,38,42-45,49,54,72-73H,13-14,16-17,19-24,26,29-33H2,1-4H3,(H2,60,65)(H,63,74)/t36-,38-,42?,43?,44+,45-,49-,54-/m0/s1.